The molecular formula is C9H13I. The van der Waals surface area contributed by atoms with Crippen LogP contribution in [0.1, 0.15) is 20.3 Å². The van der Waals surface area contributed by atoms with Gasteiger partial charge < -0.3 is 0 Å². The van der Waals surface area contributed by atoms with Gasteiger partial charge in [0.2, 0.25) is 0 Å². The normalized spacial score (nSPS) is 7.90. The van der Waals surface area contributed by atoms with Crippen LogP contribution in [0.3, 0.4) is 0 Å². The lowest BCUT2D eigenvalue weighted by molar-refractivity contribution is 1.09. The van der Waals surface area contributed by atoms with Crippen LogP contribution in [0, 0.1) is 3.57 Å². The molecule has 0 atom stereocenters. The maximum absolute atomic E-state index is 2.28. The molecular weight excluding hydrogens is 235 g/mol. The maximum atomic E-state index is 2.28. The van der Waals surface area contributed by atoms with Gasteiger partial charge in [0.05, 0.1) is 0 Å². The highest BCUT2D eigenvalue weighted by atomic mass is 127. The van der Waals surface area contributed by atoms with E-state index in [1.165, 1.54) is 9.99 Å². The van der Waals surface area contributed by atoms with E-state index in [1.807, 2.05) is 18.2 Å². The molecule has 0 aliphatic rings. The lowest BCUT2D eigenvalue weighted by Gasteiger charge is -1.80. The molecule has 0 heterocycles. The SMILES string of the molecule is CCC.Ic1ccccc1. The summed E-state index contributed by atoms with van der Waals surface area (Å²) in [5.74, 6) is 0. The van der Waals surface area contributed by atoms with Gasteiger partial charge in [0, 0.05) is 3.57 Å². The average Bonchev–Trinajstić information content (AvgIpc) is 1.91. The predicted octanol–water partition coefficient (Wildman–Crippen LogP) is 3.71. The Balaban J connectivity index is 0.000000236. The molecule has 0 spiro atoms. The van der Waals surface area contributed by atoms with E-state index < -0.39 is 0 Å². The topological polar surface area (TPSA) is 0 Å². The summed E-state index contributed by atoms with van der Waals surface area (Å²) < 4.78 is 1.29. The van der Waals surface area contributed by atoms with Crippen molar-refractivity contribution in [2.24, 2.45) is 0 Å². The van der Waals surface area contributed by atoms with Crippen molar-refractivity contribution in [1.29, 1.82) is 0 Å². The van der Waals surface area contributed by atoms with Crippen LogP contribution < -0.4 is 0 Å². The molecule has 0 fully saturated rings. The first-order valence-corrected chi connectivity index (χ1v) is 4.59. The molecule has 0 bridgehead atoms. The summed E-state index contributed by atoms with van der Waals surface area (Å²) in [6, 6.07) is 10.2. The van der Waals surface area contributed by atoms with Crippen molar-refractivity contribution < 1.29 is 0 Å². The molecule has 0 saturated carbocycles. The summed E-state index contributed by atoms with van der Waals surface area (Å²) in [6.45, 7) is 4.25. The van der Waals surface area contributed by atoms with E-state index in [0.717, 1.165) is 0 Å². The Morgan fingerprint density at radius 2 is 1.50 bits per heavy atom. The van der Waals surface area contributed by atoms with E-state index in [-0.39, 0.29) is 0 Å². The molecule has 56 valence electrons. The molecule has 0 amide bonds. The first kappa shape index (κ1) is 9.95. The minimum absolute atomic E-state index is 1.25. The van der Waals surface area contributed by atoms with Crippen molar-refractivity contribution in [3.63, 3.8) is 0 Å². The smallest absolute Gasteiger partial charge is 0.0130 e. The molecule has 0 aliphatic heterocycles. The highest BCUT2D eigenvalue weighted by Crippen LogP contribution is 1.99. The van der Waals surface area contributed by atoms with Gasteiger partial charge in [0.1, 0.15) is 0 Å². The lowest BCUT2D eigenvalue weighted by Crippen LogP contribution is -1.61. The van der Waals surface area contributed by atoms with Crippen LogP contribution in [-0.2, 0) is 0 Å². The first-order valence-electron chi connectivity index (χ1n) is 3.51. The van der Waals surface area contributed by atoms with E-state index in [0.29, 0.717) is 0 Å². The number of rotatable bonds is 0. The molecule has 1 aromatic carbocycles. The summed E-state index contributed by atoms with van der Waals surface area (Å²) in [5.41, 5.74) is 0. The van der Waals surface area contributed by atoms with Crippen LogP contribution >= 0.6 is 22.6 Å². The minimum atomic E-state index is 1.25. The molecule has 1 heteroatoms. The Morgan fingerprint density at radius 1 is 1.10 bits per heavy atom. The van der Waals surface area contributed by atoms with Gasteiger partial charge in [-0.05, 0) is 34.7 Å². The second-order valence-electron chi connectivity index (χ2n) is 2.00. The zero-order chi connectivity index (χ0) is 7.82. The second-order valence-corrected chi connectivity index (χ2v) is 3.25. The number of hydrogen-bond donors (Lipinski definition) is 0. The highest BCUT2D eigenvalue weighted by molar-refractivity contribution is 14.1. The van der Waals surface area contributed by atoms with Crippen LogP contribution in [0.5, 0.6) is 0 Å². The predicted molar refractivity (Wildman–Crippen MR) is 55.1 cm³/mol. The van der Waals surface area contributed by atoms with Crippen LogP contribution in [0.25, 0.3) is 0 Å². The molecule has 0 unspecified atom stereocenters. The molecule has 0 aliphatic carbocycles. The Bertz CT molecular complexity index is 146. The summed E-state index contributed by atoms with van der Waals surface area (Å²) in [5, 5.41) is 0. The van der Waals surface area contributed by atoms with Gasteiger partial charge in [-0.1, -0.05) is 38.5 Å². The lowest BCUT2D eigenvalue weighted by atomic mass is 10.4. The van der Waals surface area contributed by atoms with Gasteiger partial charge in [0.25, 0.3) is 0 Å². The van der Waals surface area contributed by atoms with Gasteiger partial charge in [-0.15, -0.1) is 0 Å². The standard InChI is InChI=1S/C6H5I.C3H8/c7-6-4-2-1-3-5-6;1-3-2/h1-5H;3H2,1-2H3. The second kappa shape index (κ2) is 7.06. The van der Waals surface area contributed by atoms with Crippen LogP contribution in [0.4, 0.5) is 0 Å². The molecule has 0 nitrogen and oxygen atoms in total. The van der Waals surface area contributed by atoms with Crippen LogP contribution in [-0.4, -0.2) is 0 Å². The Labute approximate surface area is 76.8 Å². The third-order valence-electron chi connectivity index (χ3n) is 0.733. The Morgan fingerprint density at radius 3 is 1.70 bits per heavy atom. The minimum Gasteiger partial charge on any atom is -0.0656 e. The van der Waals surface area contributed by atoms with Crippen molar-refractivity contribution in [2.75, 3.05) is 0 Å². The zero-order valence-electron chi connectivity index (χ0n) is 6.47. The van der Waals surface area contributed by atoms with E-state index >= 15 is 0 Å². The van der Waals surface area contributed by atoms with E-state index in [2.05, 4.69) is 48.6 Å². The quantitative estimate of drug-likeness (QED) is 0.614. The number of hydrogen-bond acceptors (Lipinski definition) is 0. The van der Waals surface area contributed by atoms with Gasteiger partial charge in [-0.25, -0.2) is 0 Å². The van der Waals surface area contributed by atoms with Crippen molar-refractivity contribution in [1.82, 2.24) is 0 Å². The molecule has 1 aromatic rings. The number of halogens is 1. The molecule has 1 rings (SSSR count). The fourth-order valence-electron chi connectivity index (χ4n) is 0.415. The van der Waals surface area contributed by atoms with Crippen molar-refractivity contribution in [2.45, 2.75) is 20.3 Å². The molecule has 0 saturated heterocycles. The summed E-state index contributed by atoms with van der Waals surface area (Å²) in [7, 11) is 0. The summed E-state index contributed by atoms with van der Waals surface area (Å²) in [6.07, 6.45) is 1.25. The third kappa shape index (κ3) is 6.08. The maximum Gasteiger partial charge on any atom is 0.0130 e. The fourth-order valence-corrected chi connectivity index (χ4v) is 0.830. The van der Waals surface area contributed by atoms with Crippen LogP contribution in [0.15, 0.2) is 30.3 Å². The average molecular weight is 248 g/mol. The fraction of sp³-hybridized carbons (Fsp3) is 0.333. The largest absolute Gasteiger partial charge is 0.0656 e. The van der Waals surface area contributed by atoms with Gasteiger partial charge in [-0.3, -0.25) is 0 Å². The van der Waals surface area contributed by atoms with Crippen molar-refractivity contribution in [3.8, 4) is 0 Å². The molecule has 10 heavy (non-hydrogen) atoms. The van der Waals surface area contributed by atoms with Crippen molar-refractivity contribution in [3.05, 3.63) is 33.9 Å². The van der Waals surface area contributed by atoms with Crippen LogP contribution in [0.2, 0.25) is 0 Å². The van der Waals surface area contributed by atoms with E-state index in [9.17, 15) is 0 Å². The monoisotopic (exact) mass is 248 g/mol. The van der Waals surface area contributed by atoms with Gasteiger partial charge >= 0.3 is 0 Å². The highest BCUT2D eigenvalue weighted by Gasteiger charge is 1.74. The summed E-state index contributed by atoms with van der Waals surface area (Å²) in [4.78, 5) is 0. The number of benzene rings is 1. The van der Waals surface area contributed by atoms with E-state index in [4.69, 9.17) is 0 Å². The molecule has 0 aromatic heterocycles. The van der Waals surface area contributed by atoms with Gasteiger partial charge in [-0.2, -0.15) is 0 Å². The molecule has 0 N–H and O–H groups in total. The van der Waals surface area contributed by atoms with E-state index in [1.54, 1.807) is 0 Å². The zero-order valence-corrected chi connectivity index (χ0v) is 8.63. The van der Waals surface area contributed by atoms with Crippen molar-refractivity contribution >= 4 is 22.6 Å². The third-order valence-corrected chi connectivity index (χ3v) is 1.45. The van der Waals surface area contributed by atoms with Gasteiger partial charge in [0.15, 0.2) is 0 Å². The first-order chi connectivity index (χ1) is 4.81. The summed E-state index contributed by atoms with van der Waals surface area (Å²) >= 11 is 2.28. The Hall–Kier alpha value is -0.0500. The Kier molecular flexibility index (Phi) is 7.03. The molecule has 0 radical (unpaired) electrons.